The Hall–Kier alpha value is -2.46. The molecule has 0 aliphatic carbocycles. The number of hydrogen-bond donors (Lipinski definition) is 0. The summed E-state index contributed by atoms with van der Waals surface area (Å²) in [4.78, 5) is 0. The summed E-state index contributed by atoms with van der Waals surface area (Å²) in [5.41, 5.74) is 0. The lowest BCUT2D eigenvalue weighted by Gasteiger charge is -2.23. The minimum atomic E-state index is -1.95. The maximum Gasteiger partial charge on any atom is 0.244 e. The summed E-state index contributed by atoms with van der Waals surface area (Å²) in [6.07, 6.45) is -0.246. The largest absolute Gasteiger partial charge is 0.386 e. The molecule has 4 aromatic carbocycles. The molecule has 0 aliphatic heterocycles. The van der Waals surface area contributed by atoms with Crippen molar-refractivity contribution in [2.75, 3.05) is 7.11 Å². The monoisotopic (exact) mass is 358 g/mol. The van der Waals surface area contributed by atoms with Crippen molar-refractivity contribution in [2.24, 2.45) is 0 Å². The summed E-state index contributed by atoms with van der Waals surface area (Å²) in [5.74, 6) is 0. The molecule has 0 saturated carbocycles. The van der Waals surface area contributed by atoms with E-state index in [-0.39, 0.29) is 6.29 Å². The lowest BCUT2D eigenvalue weighted by atomic mass is 10.1. The van der Waals surface area contributed by atoms with Crippen LogP contribution in [0.3, 0.4) is 0 Å². The van der Waals surface area contributed by atoms with Gasteiger partial charge in [-0.3, -0.25) is 0 Å². The van der Waals surface area contributed by atoms with Crippen LogP contribution in [0, 0.1) is 0 Å². The van der Waals surface area contributed by atoms with Gasteiger partial charge in [0.2, 0.25) is 9.04 Å². The average Bonchev–Trinajstić information content (AvgIpc) is 2.71. The fourth-order valence-electron chi connectivity index (χ4n) is 3.52. The molecule has 0 bridgehead atoms. The topological polar surface area (TPSA) is 18.5 Å². The van der Waals surface area contributed by atoms with Crippen LogP contribution in [-0.2, 0) is 9.16 Å². The van der Waals surface area contributed by atoms with Crippen LogP contribution in [0.1, 0.15) is 6.92 Å². The van der Waals surface area contributed by atoms with Gasteiger partial charge in [-0.25, -0.2) is 0 Å². The summed E-state index contributed by atoms with van der Waals surface area (Å²) in [6.45, 7) is 1.97. The first-order valence-corrected chi connectivity index (χ1v) is 10.5. The zero-order valence-corrected chi connectivity index (χ0v) is 16.2. The summed E-state index contributed by atoms with van der Waals surface area (Å²) < 4.78 is 12.0. The van der Waals surface area contributed by atoms with E-state index in [1.54, 1.807) is 7.11 Å². The summed E-state index contributed by atoms with van der Waals surface area (Å²) >= 11 is 0. The molecule has 130 valence electrons. The van der Waals surface area contributed by atoms with E-state index < -0.39 is 9.04 Å². The SMILES string of the molecule is COC(C)O[SiH](c1cccc2ccccc12)c1cccc2ccccc12. The number of methoxy groups -OCH3 is 1. The molecule has 2 nitrogen and oxygen atoms in total. The number of fused-ring (bicyclic) bond motifs is 2. The normalized spacial score (nSPS) is 12.7. The molecule has 1 unspecified atom stereocenters. The molecular formula is C23H22O2Si. The molecular weight excluding hydrogens is 336 g/mol. The van der Waals surface area contributed by atoms with E-state index in [0.29, 0.717) is 0 Å². The molecule has 0 aromatic heterocycles. The molecule has 0 spiro atoms. The zero-order valence-electron chi connectivity index (χ0n) is 15.1. The highest BCUT2D eigenvalue weighted by molar-refractivity contribution is 6.83. The Kier molecular flexibility index (Phi) is 4.84. The molecule has 0 heterocycles. The Bertz CT molecular complexity index is 954. The van der Waals surface area contributed by atoms with Gasteiger partial charge in [-0.05, 0) is 38.8 Å². The maximum atomic E-state index is 6.50. The van der Waals surface area contributed by atoms with Crippen molar-refractivity contribution in [3.05, 3.63) is 84.9 Å². The van der Waals surface area contributed by atoms with Crippen LogP contribution in [0.4, 0.5) is 0 Å². The summed E-state index contributed by atoms with van der Waals surface area (Å²) in [7, 11) is -0.255. The van der Waals surface area contributed by atoms with Gasteiger partial charge in [0.1, 0.15) is 6.29 Å². The minimum absolute atomic E-state index is 0.246. The maximum absolute atomic E-state index is 6.50. The van der Waals surface area contributed by atoms with Gasteiger partial charge in [-0.1, -0.05) is 84.9 Å². The standard InChI is InChI=1S/C23H22O2Si/c1-17(24-2)25-26(22-15-7-11-18-9-3-5-13-20(18)22)23-16-8-12-19-10-4-6-14-21(19)23/h3-17,26H,1-2H3. The van der Waals surface area contributed by atoms with E-state index in [2.05, 4.69) is 84.9 Å². The van der Waals surface area contributed by atoms with Crippen LogP contribution in [0.25, 0.3) is 21.5 Å². The fraction of sp³-hybridized carbons (Fsp3) is 0.130. The Balaban J connectivity index is 1.95. The van der Waals surface area contributed by atoms with Crippen LogP contribution in [0.5, 0.6) is 0 Å². The Morgan fingerprint density at radius 1 is 0.654 bits per heavy atom. The van der Waals surface area contributed by atoms with Crippen molar-refractivity contribution in [1.29, 1.82) is 0 Å². The Morgan fingerprint density at radius 3 is 1.62 bits per heavy atom. The number of benzene rings is 4. The zero-order chi connectivity index (χ0) is 17.9. The molecule has 0 N–H and O–H groups in total. The summed E-state index contributed by atoms with van der Waals surface area (Å²) in [5, 5.41) is 7.62. The van der Waals surface area contributed by atoms with Crippen molar-refractivity contribution < 1.29 is 9.16 Å². The third-order valence-corrected chi connectivity index (χ3v) is 7.66. The molecule has 0 radical (unpaired) electrons. The molecule has 0 fully saturated rings. The minimum Gasteiger partial charge on any atom is -0.386 e. The number of ether oxygens (including phenoxy) is 1. The van der Waals surface area contributed by atoms with Gasteiger partial charge in [-0.2, -0.15) is 0 Å². The van der Waals surface area contributed by atoms with Crippen molar-refractivity contribution in [2.45, 2.75) is 13.2 Å². The van der Waals surface area contributed by atoms with Crippen LogP contribution >= 0.6 is 0 Å². The average molecular weight is 359 g/mol. The molecule has 1 atom stereocenters. The highest BCUT2D eigenvalue weighted by Crippen LogP contribution is 2.16. The molecule has 4 rings (SSSR count). The van der Waals surface area contributed by atoms with E-state index >= 15 is 0 Å². The van der Waals surface area contributed by atoms with Crippen molar-refractivity contribution in [3.8, 4) is 0 Å². The smallest absolute Gasteiger partial charge is 0.244 e. The second-order valence-electron chi connectivity index (χ2n) is 6.46. The van der Waals surface area contributed by atoms with Gasteiger partial charge in [-0.15, -0.1) is 0 Å². The Labute approximate surface area is 155 Å². The van der Waals surface area contributed by atoms with Crippen molar-refractivity contribution >= 4 is 41.0 Å². The summed E-state index contributed by atoms with van der Waals surface area (Å²) in [6, 6.07) is 30.1. The molecule has 0 aliphatic rings. The third kappa shape index (κ3) is 3.17. The first-order chi connectivity index (χ1) is 12.8. The predicted molar refractivity (Wildman–Crippen MR) is 112 cm³/mol. The van der Waals surface area contributed by atoms with Crippen molar-refractivity contribution in [3.63, 3.8) is 0 Å². The molecule has 3 heteroatoms. The number of rotatable bonds is 5. The first-order valence-electron chi connectivity index (χ1n) is 8.91. The lowest BCUT2D eigenvalue weighted by Crippen LogP contribution is -2.47. The van der Waals surface area contributed by atoms with Gasteiger partial charge in [0.25, 0.3) is 0 Å². The van der Waals surface area contributed by atoms with E-state index in [9.17, 15) is 0 Å². The fourth-order valence-corrected chi connectivity index (χ4v) is 6.30. The predicted octanol–water partition coefficient (Wildman–Crippen LogP) is 3.84. The van der Waals surface area contributed by atoms with Crippen LogP contribution < -0.4 is 10.4 Å². The quantitative estimate of drug-likeness (QED) is 0.399. The van der Waals surface area contributed by atoms with Crippen LogP contribution in [0.2, 0.25) is 0 Å². The first kappa shape index (κ1) is 17.0. The van der Waals surface area contributed by atoms with Gasteiger partial charge in [0, 0.05) is 7.11 Å². The van der Waals surface area contributed by atoms with Gasteiger partial charge in [0.05, 0.1) is 0 Å². The van der Waals surface area contributed by atoms with Gasteiger partial charge >= 0.3 is 0 Å². The second-order valence-corrected chi connectivity index (χ2v) is 8.73. The van der Waals surface area contributed by atoms with E-state index in [4.69, 9.17) is 9.16 Å². The highest BCUT2D eigenvalue weighted by atomic mass is 28.3. The van der Waals surface area contributed by atoms with E-state index in [1.165, 1.54) is 31.9 Å². The lowest BCUT2D eigenvalue weighted by molar-refractivity contribution is -0.0380. The van der Waals surface area contributed by atoms with E-state index in [0.717, 1.165) is 0 Å². The van der Waals surface area contributed by atoms with Crippen LogP contribution in [-0.4, -0.2) is 22.4 Å². The molecule has 0 saturated heterocycles. The number of hydrogen-bond acceptors (Lipinski definition) is 2. The molecule has 26 heavy (non-hydrogen) atoms. The molecule has 0 amide bonds. The molecule has 4 aromatic rings. The van der Waals surface area contributed by atoms with Crippen molar-refractivity contribution in [1.82, 2.24) is 0 Å². The highest BCUT2D eigenvalue weighted by Gasteiger charge is 2.24. The Morgan fingerprint density at radius 2 is 1.12 bits per heavy atom. The van der Waals surface area contributed by atoms with Crippen LogP contribution in [0.15, 0.2) is 84.9 Å². The van der Waals surface area contributed by atoms with Gasteiger partial charge < -0.3 is 9.16 Å². The third-order valence-electron chi connectivity index (χ3n) is 4.87. The van der Waals surface area contributed by atoms with E-state index in [1.807, 2.05) is 6.92 Å². The van der Waals surface area contributed by atoms with Gasteiger partial charge in [0.15, 0.2) is 0 Å². The second kappa shape index (κ2) is 7.42.